The Morgan fingerprint density at radius 1 is 1.56 bits per heavy atom. The third-order valence-electron chi connectivity index (χ3n) is 2.43. The van der Waals surface area contributed by atoms with Gasteiger partial charge in [-0.2, -0.15) is 0 Å². The normalized spacial score (nSPS) is 12.9. The Bertz CT molecular complexity index is 478. The fourth-order valence-corrected chi connectivity index (χ4v) is 1.55. The van der Waals surface area contributed by atoms with Gasteiger partial charge in [0.1, 0.15) is 5.69 Å². The molecule has 2 heterocycles. The number of nitrogens with zero attached hydrogens (tertiary/aromatic N) is 2. The molecule has 2 aromatic heterocycles. The monoisotopic (exact) mass is 220 g/mol. The third-order valence-corrected chi connectivity index (χ3v) is 2.43. The van der Waals surface area contributed by atoms with Crippen LogP contribution in [0.5, 0.6) is 0 Å². The van der Waals surface area contributed by atoms with Crippen LogP contribution in [-0.4, -0.2) is 27.4 Å². The van der Waals surface area contributed by atoms with Crippen LogP contribution < -0.4 is 11.1 Å². The number of aromatic nitrogens is 2. The largest absolute Gasteiger partial charge is 0.394 e. The van der Waals surface area contributed by atoms with Gasteiger partial charge in [-0.25, -0.2) is 4.52 Å². The lowest BCUT2D eigenvalue weighted by atomic mass is 10.3. The number of rotatable bonds is 4. The zero-order valence-electron chi connectivity index (χ0n) is 9.22. The number of pyridine rings is 1. The van der Waals surface area contributed by atoms with Gasteiger partial charge in [0.05, 0.1) is 11.6 Å². The Morgan fingerprint density at radius 3 is 3.06 bits per heavy atom. The number of nitrogens with one attached hydrogen (secondary N) is 1. The average Bonchev–Trinajstić information content (AvgIpc) is 2.56. The summed E-state index contributed by atoms with van der Waals surface area (Å²) in [7, 11) is 0. The Hall–Kier alpha value is -1.75. The molecule has 5 nitrogen and oxygen atoms in total. The van der Waals surface area contributed by atoms with Crippen LogP contribution in [0.4, 0.5) is 11.5 Å². The van der Waals surface area contributed by atoms with Gasteiger partial charge in [-0.15, -0.1) is 5.10 Å². The van der Waals surface area contributed by atoms with Crippen molar-refractivity contribution < 1.29 is 5.11 Å². The summed E-state index contributed by atoms with van der Waals surface area (Å²) in [6.45, 7) is 2.42. The Labute approximate surface area is 93.9 Å². The van der Waals surface area contributed by atoms with E-state index in [1.165, 1.54) is 0 Å². The molecular formula is C11H16N4O. The van der Waals surface area contributed by atoms with E-state index in [2.05, 4.69) is 10.4 Å². The second kappa shape index (κ2) is 4.40. The van der Waals surface area contributed by atoms with E-state index in [0.29, 0.717) is 24.5 Å². The number of nitrogen functional groups attached to an aromatic ring is 1. The molecule has 16 heavy (non-hydrogen) atoms. The van der Waals surface area contributed by atoms with Gasteiger partial charge in [0.2, 0.25) is 0 Å². The highest BCUT2D eigenvalue weighted by molar-refractivity contribution is 5.80. The standard InChI is InChI=1S/C11H16N4O/c1-8(16)5-6-13-11-10(12)9-4-2-3-7-15(9)14-11/h2-4,7-8,16H,5-6,12H2,1H3,(H,13,14). The molecule has 86 valence electrons. The van der Waals surface area contributed by atoms with E-state index < -0.39 is 0 Å². The molecule has 0 aliphatic carbocycles. The maximum Gasteiger partial charge on any atom is 0.172 e. The second-order valence-electron chi connectivity index (χ2n) is 3.86. The lowest BCUT2D eigenvalue weighted by molar-refractivity contribution is 0.188. The minimum Gasteiger partial charge on any atom is -0.394 e. The van der Waals surface area contributed by atoms with Crippen molar-refractivity contribution in [1.82, 2.24) is 9.61 Å². The van der Waals surface area contributed by atoms with Gasteiger partial charge in [-0.1, -0.05) is 6.07 Å². The number of anilines is 2. The van der Waals surface area contributed by atoms with Crippen LogP contribution in [0.1, 0.15) is 13.3 Å². The van der Waals surface area contributed by atoms with Crippen molar-refractivity contribution in [3.8, 4) is 0 Å². The van der Waals surface area contributed by atoms with Gasteiger partial charge in [0, 0.05) is 12.7 Å². The van der Waals surface area contributed by atoms with Crippen molar-refractivity contribution in [2.75, 3.05) is 17.6 Å². The summed E-state index contributed by atoms with van der Waals surface area (Å²) in [6.07, 6.45) is 2.21. The van der Waals surface area contributed by atoms with E-state index in [1.807, 2.05) is 24.4 Å². The number of nitrogens with two attached hydrogens (primary N) is 1. The van der Waals surface area contributed by atoms with E-state index in [1.54, 1.807) is 11.4 Å². The molecule has 0 aliphatic heterocycles. The predicted octanol–water partition coefficient (Wildman–Crippen LogP) is 1.10. The maximum atomic E-state index is 9.14. The highest BCUT2D eigenvalue weighted by Crippen LogP contribution is 2.22. The molecular weight excluding hydrogens is 204 g/mol. The van der Waals surface area contributed by atoms with Crippen molar-refractivity contribution in [1.29, 1.82) is 0 Å². The Kier molecular flexibility index (Phi) is 2.96. The summed E-state index contributed by atoms with van der Waals surface area (Å²) in [5.41, 5.74) is 7.48. The molecule has 5 heteroatoms. The molecule has 0 aliphatic rings. The minimum atomic E-state index is -0.314. The number of hydrogen-bond acceptors (Lipinski definition) is 4. The molecule has 0 spiro atoms. The average molecular weight is 220 g/mol. The fraction of sp³-hybridized carbons (Fsp3) is 0.364. The van der Waals surface area contributed by atoms with Crippen LogP contribution in [0, 0.1) is 0 Å². The zero-order chi connectivity index (χ0) is 11.5. The van der Waals surface area contributed by atoms with Crippen LogP contribution in [0.25, 0.3) is 5.52 Å². The SMILES string of the molecule is CC(O)CCNc1nn2ccccc2c1N. The molecule has 2 aromatic rings. The van der Waals surface area contributed by atoms with Crippen LogP contribution in [0.3, 0.4) is 0 Å². The molecule has 0 saturated carbocycles. The Morgan fingerprint density at radius 2 is 2.38 bits per heavy atom. The topological polar surface area (TPSA) is 75.6 Å². The van der Waals surface area contributed by atoms with Gasteiger partial charge in [-0.05, 0) is 25.5 Å². The molecule has 0 bridgehead atoms. The number of aliphatic hydroxyl groups excluding tert-OH is 1. The van der Waals surface area contributed by atoms with Crippen molar-refractivity contribution in [3.63, 3.8) is 0 Å². The van der Waals surface area contributed by atoms with Gasteiger partial charge in [-0.3, -0.25) is 0 Å². The van der Waals surface area contributed by atoms with Crippen molar-refractivity contribution in [3.05, 3.63) is 24.4 Å². The molecule has 1 unspecified atom stereocenters. The molecule has 0 fully saturated rings. The van der Waals surface area contributed by atoms with Crippen molar-refractivity contribution >= 4 is 17.0 Å². The number of fused-ring (bicyclic) bond motifs is 1. The molecule has 2 rings (SSSR count). The van der Waals surface area contributed by atoms with E-state index in [4.69, 9.17) is 10.8 Å². The van der Waals surface area contributed by atoms with Gasteiger partial charge in [0.15, 0.2) is 5.82 Å². The van der Waals surface area contributed by atoms with Crippen molar-refractivity contribution in [2.45, 2.75) is 19.4 Å². The quantitative estimate of drug-likeness (QED) is 0.721. The summed E-state index contributed by atoms with van der Waals surface area (Å²) in [5, 5.41) is 16.6. The summed E-state index contributed by atoms with van der Waals surface area (Å²) in [5.74, 6) is 0.673. The van der Waals surface area contributed by atoms with Gasteiger partial charge in [0.25, 0.3) is 0 Å². The molecule has 4 N–H and O–H groups in total. The highest BCUT2D eigenvalue weighted by Gasteiger charge is 2.08. The minimum absolute atomic E-state index is 0.314. The van der Waals surface area contributed by atoms with Crippen LogP contribution in [-0.2, 0) is 0 Å². The molecule has 0 aromatic carbocycles. The summed E-state index contributed by atoms with van der Waals surface area (Å²) >= 11 is 0. The molecule has 0 amide bonds. The smallest absolute Gasteiger partial charge is 0.172 e. The zero-order valence-corrected chi connectivity index (χ0v) is 9.22. The van der Waals surface area contributed by atoms with Crippen LogP contribution >= 0.6 is 0 Å². The summed E-state index contributed by atoms with van der Waals surface area (Å²) < 4.78 is 1.74. The highest BCUT2D eigenvalue weighted by atomic mass is 16.3. The molecule has 0 radical (unpaired) electrons. The molecule has 1 atom stereocenters. The summed E-state index contributed by atoms with van der Waals surface area (Å²) in [4.78, 5) is 0. The van der Waals surface area contributed by atoms with Crippen LogP contribution in [0.2, 0.25) is 0 Å². The third kappa shape index (κ3) is 2.09. The maximum absolute atomic E-state index is 9.14. The number of hydrogen-bond donors (Lipinski definition) is 3. The fourth-order valence-electron chi connectivity index (χ4n) is 1.55. The van der Waals surface area contributed by atoms with E-state index in [0.717, 1.165) is 5.52 Å². The second-order valence-corrected chi connectivity index (χ2v) is 3.86. The predicted molar refractivity (Wildman–Crippen MR) is 64.4 cm³/mol. The van der Waals surface area contributed by atoms with E-state index in [-0.39, 0.29) is 6.10 Å². The Balaban J connectivity index is 2.15. The first-order valence-corrected chi connectivity index (χ1v) is 5.33. The van der Waals surface area contributed by atoms with E-state index >= 15 is 0 Å². The first kappa shape index (κ1) is 10.8. The first-order chi connectivity index (χ1) is 7.68. The molecule has 0 saturated heterocycles. The number of aliphatic hydroxyl groups is 1. The van der Waals surface area contributed by atoms with Gasteiger partial charge < -0.3 is 16.2 Å². The first-order valence-electron chi connectivity index (χ1n) is 5.33. The van der Waals surface area contributed by atoms with Crippen molar-refractivity contribution in [2.24, 2.45) is 0 Å². The van der Waals surface area contributed by atoms with Gasteiger partial charge >= 0.3 is 0 Å². The van der Waals surface area contributed by atoms with Crippen LogP contribution in [0.15, 0.2) is 24.4 Å². The summed E-state index contributed by atoms with van der Waals surface area (Å²) in [6, 6.07) is 5.74. The lowest BCUT2D eigenvalue weighted by Crippen LogP contribution is -2.10. The lowest BCUT2D eigenvalue weighted by Gasteiger charge is -2.05. The van der Waals surface area contributed by atoms with E-state index in [9.17, 15) is 0 Å².